The molecule has 1 aromatic rings. The van der Waals surface area contributed by atoms with Crippen LogP contribution in [0, 0.1) is 6.92 Å². The van der Waals surface area contributed by atoms with E-state index in [2.05, 4.69) is 14.1 Å². The first-order chi connectivity index (χ1) is 8.41. The van der Waals surface area contributed by atoms with Gasteiger partial charge < -0.3 is 14.5 Å². The van der Waals surface area contributed by atoms with Crippen molar-refractivity contribution >= 4 is 21.9 Å². The van der Waals surface area contributed by atoms with E-state index in [9.17, 15) is 8.42 Å². The Balaban J connectivity index is 2.18. The molecular weight excluding hydrogens is 258 g/mol. The van der Waals surface area contributed by atoms with Gasteiger partial charge in [-0.3, -0.25) is 0 Å². The predicted molar refractivity (Wildman–Crippen MR) is 65.8 cm³/mol. The predicted octanol–water partition coefficient (Wildman–Crippen LogP) is 0.940. The van der Waals surface area contributed by atoms with Crippen LogP contribution in [0.4, 0.5) is 0 Å². The van der Waals surface area contributed by atoms with Crippen LogP contribution in [0.2, 0.25) is 0 Å². The molecule has 0 amide bonds. The summed E-state index contributed by atoms with van der Waals surface area (Å²) in [5.74, 6) is 1.49. The molecule has 1 atom stereocenters. The Morgan fingerprint density at radius 2 is 2.11 bits per heavy atom. The summed E-state index contributed by atoms with van der Waals surface area (Å²) in [6.07, 6.45) is 0. The summed E-state index contributed by atoms with van der Waals surface area (Å²) in [7, 11) is -2.49. The minimum Gasteiger partial charge on any atom is -0.478 e. The van der Waals surface area contributed by atoms with Gasteiger partial charge in [0.2, 0.25) is 5.84 Å². The minimum atomic E-state index is -3.82. The van der Waals surface area contributed by atoms with Gasteiger partial charge in [0.05, 0.1) is 13.2 Å². The summed E-state index contributed by atoms with van der Waals surface area (Å²) < 4.78 is 39.5. The third-order valence-electron chi connectivity index (χ3n) is 2.34. The Morgan fingerprint density at radius 1 is 1.39 bits per heavy atom. The molecule has 7 nitrogen and oxygen atoms in total. The first kappa shape index (κ1) is 12.6. The smallest absolute Gasteiger partial charge is 0.368 e. The minimum absolute atomic E-state index is 0.0508. The fourth-order valence-electron chi connectivity index (χ4n) is 1.51. The second-order valence-electron chi connectivity index (χ2n) is 3.80. The highest BCUT2D eigenvalue weighted by molar-refractivity contribution is 7.89. The number of rotatable bonds is 2. The molecular formula is C10H13N3O4S. The van der Waals surface area contributed by atoms with Gasteiger partial charge in [-0.2, -0.15) is 8.42 Å². The van der Waals surface area contributed by atoms with E-state index < -0.39 is 10.2 Å². The summed E-state index contributed by atoms with van der Waals surface area (Å²) in [6, 6.07) is 3.39. The lowest BCUT2D eigenvalue weighted by atomic mass is 10.2. The first-order valence-corrected chi connectivity index (χ1v) is 6.63. The van der Waals surface area contributed by atoms with Crippen molar-refractivity contribution in [1.29, 1.82) is 0 Å². The maximum absolute atomic E-state index is 11.2. The summed E-state index contributed by atoms with van der Waals surface area (Å²) in [6.45, 7) is 3.65. The van der Waals surface area contributed by atoms with Crippen LogP contribution in [0.5, 0.6) is 0 Å². The van der Waals surface area contributed by atoms with Crippen LogP contribution in [0.3, 0.4) is 0 Å². The summed E-state index contributed by atoms with van der Waals surface area (Å²) >= 11 is 0. The average molecular weight is 271 g/mol. The Labute approximate surface area is 105 Å². The van der Waals surface area contributed by atoms with Gasteiger partial charge in [-0.15, -0.1) is 8.80 Å². The quantitative estimate of drug-likeness (QED) is 0.864. The number of methoxy groups -OCH3 is 1. The van der Waals surface area contributed by atoms with Crippen LogP contribution >= 0.6 is 0 Å². The monoisotopic (exact) mass is 271 g/mol. The van der Waals surface area contributed by atoms with E-state index in [1.807, 2.05) is 19.9 Å². The molecule has 0 unspecified atom stereocenters. The van der Waals surface area contributed by atoms with Gasteiger partial charge in [0.25, 0.3) is 5.90 Å². The average Bonchev–Trinajstić information content (AvgIpc) is 2.82. The summed E-state index contributed by atoms with van der Waals surface area (Å²) in [4.78, 5) is 0. The van der Waals surface area contributed by atoms with Crippen LogP contribution in [0.25, 0.3) is 0 Å². The standard InChI is InChI=1S/C10H13N3O4S/c1-6-4-5-8(17-6)7(2)11-9-10(16-3)13-18(14,15)12-9/h4-5,7H,1-3H3,(H,11,12)/t7-/m1/s1. The van der Waals surface area contributed by atoms with Crippen molar-refractivity contribution in [3.63, 3.8) is 0 Å². The number of hydrogen-bond donors (Lipinski definition) is 1. The molecule has 0 aliphatic carbocycles. The zero-order valence-electron chi connectivity index (χ0n) is 10.2. The van der Waals surface area contributed by atoms with Crippen molar-refractivity contribution in [3.8, 4) is 0 Å². The van der Waals surface area contributed by atoms with Crippen LogP contribution < -0.4 is 5.32 Å². The zero-order valence-corrected chi connectivity index (χ0v) is 11.0. The molecule has 1 aliphatic heterocycles. The molecule has 18 heavy (non-hydrogen) atoms. The highest BCUT2D eigenvalue weighted by Gasteiger charge is 2.26. The fraction of sp³-hybridized carbons (Fsp3) is 0.400. The lowest BCUT2D eigenvalue weighted by molar-refractivity contribution is 0.408. The topological polar surface area (TPSA) is 93.3 Å². The van der Waals surface area contributed by atoms with E-state index in [1.165, 1.54) is 7.11 Å². The molecule has 0 fully saturated rings. The first-order valence-electron chi connectivity index (χ1n) is 5.23. The number of aryl methyl sites for hydroxylation is 1. The largest absolute Gasteiger partial charge is 0.478 e. The number of ether oxygens (including phenoxy) is 1. The number of nitrogens with zero attached hydrogens (tertiary/aromatic N) is 2. The van der Waals surface area contributed by atoms with Crippen molar-refractivity contribution < 1.29 is 17.6 Å². The number of nitrogens with one attached hydrogen (secondary N) is 1. The van der Waals surface area contributed by atoms with Crippen LogP contribution in [-0.2, 0) is 14.9 Å². The third kappa shape index (κ3) is 2.53. The summed E-state index contributed by atoms with van der Waals surface area (Å²) in [5, 5.41) is 2.89. The Morgan fingerprint density at radius 3 is 2.67 bits per heavy atom. The van der Waals surface area contributed by atoms with Gasteiger partial charge in [0.1, 0.15) is 11.5 Å². The molecule has 0 spiro atoms. The number of furan rings is 1. The highest BCUT2D eigenvalue weighted by atomic mass is 32.2. The van der Waals surface area contributed by atoms with Gasteiger partial charge in [0, 0.05) is 0 Å². The van der Waals surface area contributed by atoms with Crippen molar-refractivity contribution in [2.75, 3.05) is 7.11 Å². The number of amidine groups is 1. The van der Waals surface area contributed by atoms with E-state index in [4.69, 9.17) is 9.15 Å². The molecule has 1 aromatic heterocycles. The second-order valence-corrected chi connectivity index (χ2v) is 5.06. The molecule has 1 aliphatic rings. The molecule has 2 rings (SSSR count). The van der Waals surface area contributed by atoms with Crippen LogP contribution in [0.1, 0.15) is 24.5 Å². The van der Waals surface area contributed by atoms with Gasteiger partial charge in [-0.1, -0.05) is 0 Å². The van der Waals surface area contributed by atoms with Crippen molar-refractivity contribution in [1.82, 2.24) is 5.32 Å². The molecule has 1 N–H and O–H groups in total. The van der Waals surface area contributed by atoms with Gasteiger partial charge in [-0.25, -0.2) is 0 Å². The molecule has 2 heterocycles. The third-order valence-corrected chi connectivity index (χ3v) is 3.15. The molecule has 0 bridgehead atoms. The highest BCUT2D eigenvalue weighted by Crippen LogP contribution is 2.17. The fourth-order valence-corrected chi connectivity index (χ4v) is 2.28. The van der Waals surface area contributed by atoms with Crippen molar-refractivity contribution in [3.05, 3.63) is 23.7 Å². The van der Waals surface area contributed by atoms with Crippen molar-refractivity contribution in [2.24, 2.45) is 8.80 Å². The normalized spacial score (nSPS) is 19.1. The van der Waals surface area contributed by atoms with Crippen molar-refractivity contribution in [2.45, 2.75) is 19.9 Å². The van der Waals surface area contributed by atoms with E-state index in [0.717, 1.165) is 5.76 Å². The molecule has 0 saturated carbocycles. The Hall–Kier alpha value is -1.83. The molecule has 0 aromatic carbocycles. The maximum Gasteiger partial charge on any atom is 0.368 e. The van der Waals surface area contributed by atoms with E-state index >= 15 is 0 Å². The van der Waals surface area contributed by atoms with Gasteiger partial charge in [-0.05, 0) is 26.0 Å². The molecule has 0 radical (unpaired) electrons. The molecule has 0 saturated heterocycles. The van der Waals surface area contributed by atoms with E-state index in [1.54, 1.807) is 6.07 Å². The van der Waals surface area contributed by atoms with Gasteiger partial charge >= 0.3 is 10.2 Å². The second kappa shape index (κ2) is 4.45. The van der Waals surface area contributed by atoms with Crippen LogP contribution in [-0.4, -0.2) is 27.3 Å². The summed E-state index contributed by atoms with van der Waals surface area (Å²) in [5.41, 5.74) is 0. The van der Waals surface area contributed by atoms with E-state index in [-0.39, 0.29) is 17.8 Å². The Bertz CT molecular complexity index is 615. The van der Waals surface area contributed by atoms with Crippen LogP contribution in [0.15, 0.2) is 25.3 Å². The molecule has 8 heteroatoms. The van der Waals surface area contributed by atoms with E-state index in [0.29, 0.717) is 5.76 Å². The lowest BCUT2D eigenvalue weighted by Gasteiger charge is -2.12. The number of hydrogen-bond acceptors (Lipinski definition) is 5. The SMILES string of the molecule is COC1=NS(=O)(=O)N=C1N[C@H](C)c1ccc(C)o1. The Kier molecular flexibility index (Phi) is 3.12. The zero-order chi connectivity index (χ0) is 13.3. The van der Waals surface area contributed by atoms with Gasteiger partial charge in [0.15, 0.2) is 0 Å². The lowest BCUT2D eigenvalue weighted by Crippen LogP contribution is -2.32. The molecule has 98 valence electrons. The maximum atomic E-state index is 11.2.